The summed E-state index contributed by atoms with van der Waals surface area (Å²) in [6.07, 6.45) is 1.96. The molecule has 0 unspecified atom stereocenters. The lowest BCUT2D eigenvalue weighted by Crippen LogP contribution is -2.42. The van der Waals surface area contributed by atoms with Gasteiger partial charge in [0.25, 0.3) is 10.0 Å². The smallest absolute Gasteiger partial charge is 0.335 e. The topological polar surface area (TPSA) is 141 Å². The molecule has 1 saturated heterocycles. The van der Waals surface area contributed by atoms with E-state index in [0.29, 0.717) is 43.6 Å². The second-order valence-electron chi connectivity index (χ2n) is 12.2. The molecule has 11 heteroatoms. The molecular formula is C34H40N4O6S. The summed E-state index contributed by atoms with van der Waals surface area (Å²) in [5.41, 5.74) is 2.77. The minimum Gasteiger partial charge on any atom is -0.478 e. The first-order valence-electron chi connectivity index (χ1n) is 15.2. The standard InChI is InChI=1S/C34H40N4O6S/c1-34(2,35-23-31(39)24-8-6-9-27(21-24)36-45(43,44)29-10-4-3-5-11-29)16-19-38-28(15-18-37-17-7-12-32(37)40)22-26-20-25(33(41)42)13-14-30(26)38/h3-6,8-11,13-14,20-22,31,35-36,39H,7,12,15-19,23H2,1-2H3,(H,41,42)/t31-/m0/s1. The molecule has 3 aromatic carbocycles. The number of aryl methyl sites for hydroxylation is 1. The van der Waals surface area contributed by atoms with Crippen LogP contribution in [0.1, 0.15) is 60.8 Å². The van der Waals surface area contributed by atoms with Crippen molar-refractivity contribution in [1.82, 2.24) is 14.8 Å². The molecule has 1 aliphatic heterocycles. The number of anilines is 1. The van der Waals surface area contributed by atoms with Gasteiger partial charge in [0.15, 0.2) is 0 Å². The maximum absolute atomic E-state index is 12.8. The fourth-order valence-electron chi connectivity index (χ4n) is 5.72. The van der Waals surface area contributed by atoms with Crippen molar-refractivity contribution < 1.29 is 28.2 Å². The Hall–Kier alpha value is -4.19. The van der Waals surface area contributed by atoms with Gasteiger partial charge in [0, 0.05) is 66.8 Å². The largest absolute Gasteiger partial charge is 0.478 e. The van der Waals surface area contributed by atoms with Crippen LogP contribution >= 0.6 is 0 Å². The average Bonchev–Trinajstić information content (AvgIpc) is 3.59. The summed E-state index contributed by atoms with van der Waals surface area (Å²) in [4.78, 5) is 25.8. The quantitative estimate of drug-likeness (QED) is 0.157. The molecular weight excluding hydrogens is 592 g/mol. The van der Waals surface area contributed by atoms with Crippen molar-refractivity contribution >= 4 is 38.5 Å². The summed E-state index contributed by atoms with van der Waals surface area (Å²) < 4.78 is 30.3. The van der Waals surface area contributed by atoms with Gasteiger partial charge < -0.3 is 25.0 Å². The Bertz CT molecular complexity index is 1780. The number of carbonyl (C=O) groups is 2. The van der Waals surface area contributed by atoms with Gasteiger partial charge in [0.05, 0.1) is 16.6 Å². The number of aromatic nitrogens is 1. The molecule has 0 aliphatic carbocycles. The Kier molecular flexibility index (Phi) is 9.62. The summed E-state index contributed by atoms with van der Waals surface area (Å²) >= 11 is 0. The Labute approximate surface area is 263 Å². The first-order chi connectivity index (χ1) is 21.4. The molecule has 45 heavy (non-hydrogen) atoms. The van der Waals surface area contributed by atoms with E-state index < -0.39 is 22.1 Å². The normalized spacial score (nSPS) is 14.6. The van der Waals surface area contributed by atoms with E-state index in [0.717, 1.165) is 29.6 Å². The van der Waals surface area contributed by atoms with Gasteiger partial charge in [-0.1, -0.05) is 30.3 Å². The van der Waals surface area contributed by atoms with E-state index in [2.05, 4.69) is 28.5 Å². The second-order valence-corrected chi connectivity index (χ2v) is 13.9. The van der Waals surface area contributed by atoms with Crippen molar-refractivity contribution in [2.24, 2.45) is 0 Å². The van der Waals surface area contributed by atoms with Crippen LogP contribution in [0.25, 0.3) is 10.9 Å². The third-order valence-electron chi connectivity index (χ3n) is 8.35. The lowest BCUT2D eigenvalue weighted by Gasteiger charge is -2.29. The highest BCUT2D eigenvalue weighted by atomic mass is 32.2. The third-order valence-corrected chi connectivity index (χ3v) is 9.75. The van der Waals surface area contributed by atoms with Gasteiger partial charge in [0.2, 0.25) is 5.91 Å². The minimum atomic E-state index is -3.76. The fraction of sp³-hybridized carbons (Fsp3) is 0.353. The molecule has 0 radical (unpaired) electrons. The summed E-state index contributed by atoms with van der Waals surface area (Å²) in [7, 11) is -3.76. The van der Waals surface area contributed by atoms with Crippen LogP contribution < -0.4 is 10.0 Å². The molecule has 0 bridgehead atoms. The number of sulfonamides is 1. The van der Waals surface area contributed by atoms with E-state index in [1.807, 2.05) is 17.0 Å². The van der Waals surface area contributed by atoms with Gasteiger partial charge in [-0.05, 0) is 80.8 Å². The molecule has 0 spiro atoms. The zero-order chi connectivity index (χ0) is 32.2. The summed E-state index contributed by atoms with van der Waals surface area (Å²) in [5, 5.41) is 24.8. The number of nitrogens with zero attached hydrogens (tertiary/aromatic N) is 2. The Morgan fingerprint density at radius 3 is 2.49 bits per heavy atom. The molecule has 0 saturated carbocycles. The van der Waals surface area contributed by atoms with Gasteiger partial charge in [-0.3, -0.25) is 9.52 Å². The number of carboxylic acid groups (broad SMARTS) is 1. The van der Waals surface area contributed by atoms with E-state index in [9.17, 15) is 28.2 Å². The molecule has 238 valence electrons. The summed E-state index contributed by atoms with van der Waals surface area (Å²) in [6.45, 7) is 6.40. The van der Waals surface area contributed by atoms with E-state index in [-0.39, 0.29) is 28.4 Å². The number of carbonyl (C=O) groups excluding carboxylic acids is 1. The molecule has 1 atom stereocenters. The Balaban J connectivity index is 1.24. The van der Waals surface area contributed by atoms with E-state index in [4.69, 9.17) is 0 Å². The van der Waals surface area contributed by atoms with Crippen molar-refractivity contribution in [3.63, 3.8) is 0 Å². The van der Waals surface area contributed by atoms with Gasteiger partial charge in [0.1, 0.15) is 0 Å². The van der Waals surface area contributed by atoms with Crippen LogP contribution in [-0.2, 0) is 27.8 Å². The molecule has 1 aromatic heterocycles. The third kappa shape index (κ3) is 7.91. The number of aromatic carboxylic acids is 1. The summed E-state index contributed by atoms with van der Waals surface area (Å²) in [5.74, 6) is -0.800. The second kappa shape index (κ2) is 13.4. The van der Waals surface area contributed by atoms with E-state index >= 15 is 0 Å². The van der Waals surface area contributed by atoms with Gasteiger partial charge in [-0.15, -0.1) is 0 Å². The molecule has 2 heterocycles. The number of β-amino-alcohol motifs (C(OH)–C–C–N with tert-alkyl or cyclic N) is 1. The van der Waals surface area contributed by atoms with Crippen molar-refractivity contribution in [3.05, 3.63) is 95.7 Å². The van der Waals surface area contributed by atoms with Crippen LogP contribution in [0.4, 0.5) is 5.69 Å². The number of rotatable bonds is 14. The number of benzene rings is 3. The maximum Gasteiger partial charge on any atom is 0.335 e. The van der Waals surface area contributed by atoms with Crippen LogP contribution in [0.5, 0.6) is 0 Å². The van der Waals surface area contributed by atoms with Crippen LogP contribution in [0.15, 0.2) is 83.8 Å². The molecule has 1 aliphatic rings. The fourth-order valence-corrected chi connectivity index (χ4v) is 6.79. The number of amides is 1. The molecule has 5 rings (SSSR count). The predicted molar refractivity (Wildman–Crippen MR) is 174 cm³/mol. The van der Waals surface area contributed by atoms with Crippen molar-refractivity contribution in [1.29, 1.82) is 0 Å². The highest BCUT2D eigenvalue weighted by molar-refractivity contribution is 7.92. The first kappa shape index (κ1) is 32.2. The zero-order valence-corrected chi connectivity index (χ0v) is 26.4. The number of carboxylic acids is 1. The monoisotopic (exact) mass is 632 g/mol. The maximum atomic E-state index is 12.8. The summed E-state index contributed by atoms with van der Waals surface area (Å²) in [6, 6.07) is 22.0. The zero-order valence-electron chi connectivity index (χ0n) is 25.6. The number of aliphatic hydroxyl groups is 1. The highest BCUT2D eigenvalue weighted by Gasteiger charge is 2.23. The first-order valence-corrected chi connectivity index (χ1v) is 16.6. The molecule has 1 fully saturated rings. The average molecular weight is 633 g/mol. The lowest BCUT2D eigenvalue weighted by molar-refractivity contribution is -0.127. The number of aliphatic hydroxyl groups excluding tert-OH is 1. The van der Waals surface area contributed by atoms with Gasteiger partial charge in [-0.25, -0.2) is 13.2 Å². The Morgan fingerprint density at radius 2 is 1.78 bits per heavy atom. The predicted octanol–water partition coefficient (Wildman–Crippen LogP) is 4.80. The van der Waals surface area contributed by atoms with Crippen LogP contribution in [-0.4, -0.2) is 65.1 Å². The number of likely N-dealkylation sites (tertiary alicyclic amines) is 1. The van der Waals surface area contributed by atoms with E-state index in [1.54, 1.807) is 54.6 Å². The van der Waals surface area contributed by atoms with Crippen molar-refractivity contribution in [2.45, 2.75) is 62.6 Å². The molecule has 4 aromatic rings. The molecule has 4 N–H and O–H groups in total. The molecule has 1 amide bonds. The lowest BCUT2D eigenvalue weighted by atomic mass is 9.99. The van der Waals surface area contributed by atoms with E-state index in [1.165, 1.54) is 12.1 Å². The molecule has 10 nitrogen and oxygen atoms in total. The van der Waals surface area contributed by atoms with Crippen LogP contribution in [0.2, 0.25) is 0 Å². The number of hydrogen-bond donors (Lipinski definition) is 4. The van der Waals surface area contributed by atoms with Crippen LogP contribution in [0, 0.1) is 0 Å². The number of fused-ring (bicyclic) bond motifs is 1. The highest BCUT2D eigenvalue weighted by Crippen LogP contribution is 2.26. The van der Waals surface area contributed by atoms with Gasteiger partial charge >= 0.3 is 5.97 Å². The van der Waals surface area contributed by atoms with Gasteiger partial charge in [-0.2, -0.15) is 0 Å². The SMILES string of the molecule is CC(C)(CCn1c(CCN2CCCC2=O)cc2cc(C(=O)O)ccc21)NC[C@H](O)c1cccc(NS(=O)(=O)c2ccccc2)c1. The minimum absolute atomic E-state index is 0.157. The number of nitrogens with one attached hydrogen (secondary N) is 2. The van der Waals surface area contributed by atoms with Crippen LogP contribution in [0.3, 0.4) is 0 Å². The van der Waals surface area contributed by atoms with Crippen molar-refractivity contribution in [2.75, 3.05) is 24.4 Å². The number of hydrogen-bond acceptors (Lipinski definition) is 6. The van der Waals surface area contributed by atoms with Crippen molar-refractivity contribution in [3.8, 4) is 0 Å². The Morgan fingerprint density at radius 1 is 1.00 bits per heavy atom.